The first-order chi connectivity index (χ1) is 8.08. The van der Waals surface area contributed by atoms with Crippen molar-refractivity contribution >= 4 is 21.6 Å². The maximum Gasteiger partial charge on any atom is 0.0425 e. The van der Waals surface area contributed by atoms with Gasteiger partial charge in [-0.3, -0.25) is 0 Å². The van der Waals surface area contributed by atoms with Crippen LogP contribution in [-0.4, -0.2) is 13.1 Å². The Balaban J connectivity index is 2.26. The van der Waals surface area contributed by atoms with Gasteiger partial charge in [-0.1, -0.05) is 28.9 Å². The van der Waals surface area contributed by atoms with E-state index in [1.54, 1.807) is 0 Å². The molecule has 1 atom stereocenters. The zero-order valence-corrected chi connectivity index (χ0v) is 12.2. The topological polar surface area (TPSA) is 29.3 Å². The second-order valence-corrected chi connectivity index (χ2v) is 6.08. The molecule has 0 aliphatic carbocycles. The van der Waals surface area contributed by atoms with Crippen molar-refractivity contribution in [1.29, 1.82) is 0 Å². The number of piperidine rings is 1. The predicted octanol–water partition coefficient (Wildman–Crippen LogP) is 3.71. The number of nitrogens with two attached hydrogens (primary N) is 1. The van der Waals surface area contributed by atoms with Gasteiger partial charge in [0.15, 0.2) is 0 Å². The minimum absolute atomic E-state index is 0.0949. The van der Waals surface area contributed by atoms with Crippen LogP contribution < -0.4 is 10.6 Å². The van der Waals surface area contributed by atoms with E-state index in [2.05, 4.69) is 52.9 Å². The fourth-order valence-corrected chi connectivity index (χ4v) is 2.77. The molecule has 3 heteroatoms. The summed E-state index contributed by atoms with van der Waals surface area (Å²) in [4.78, 5) is 2.48. The van der Waals surface area contributed by atoms with Crippen molar-refractivity contribution in [3.8, 4) is 0 Å². The summed E-state index contributed by atoms with van der Waals surface area (Å²) in [5, 5.41) is 0. The lowest BCUT2D eigenvalue weighted by Crippen LogP contribution is -2.33. The molecular formula is C14H21BrN2. The molecule has 1 fully saturated rings. The molecular weight excluding hydrogens is 276 g/mol. The predicted molar refractivity (Wildman–Crippen MR) is 77.4 cm³/mol. The maximum atomic E-state index is 6.06. The van der Waals surface area contributed by atoms with Crippen LogP contribution in [0.15, 0.2) is 22.7 Å². The van der Waals surface area contributed by atoms with E-state index in [0.29, 0.717) is 0 Å². The number of hydrogen-bond donors (Lipinski definition) is 1. The second-order valence-electron chi connectivity index (χ2n) is 5.16. The van der Waals surface area contributed by atoms with Gasteiger partial charge in [0.2, 0.25) is 0 Å². The summed E-state index contributed by atoms with van der Waals surface area (Å²) in [5.41, 5.74) is 8.62. The van der Waals surface area contributed by atoms with Gasteiger partial charge in [-0.25, -0.2) is 0 Å². The Kier molecular flexibility index (Phi) is 4.10. The largest absolute Gasteiger partial charge is 0.371 e. The van der Waals surface area contributed by atoms with Crippen LogP contribution in [0, 0.1) is 5.92 Å². The van der Waals surface area contributed by atoms with Crippen molar-refractivity contribution in [2.45, 2.75) is 32.7 Å². The molecule has 0 aromatic heterocycles. The number of benzene rings is 1. The quantitative estimate of drug-likeness (QED) is 0.901. The molecule has 1 heterocycles. The Morgan fingerprint density at radius 3 is 2.59 bits per heavy atom. The van der Waals surface area contributed by atoms with Gasteiger partial charge in [-0.2, -0.15) is 0 Å². The SMILES string of the molecule is CC1CCN(c2cc(Br)ccc2C(C)N)CC1. The number of nitrogens with zero attached hydrogens (tertiary/aromatic N) is 1. The molecule has 0 radical (unpaired) electrons. The lowest BCUT2D eigenvalue weighted by molar-refractivity contribution is 0.437. The van der Waals surface area contributed by atoms with Crippen LogP contribution in [0.2, 0.25) is 0 Å². The molecule has 17 heavy (non-hydrogen) atoms. The first-order valence-electron chi connectivity index (χ1n) is 6.38. The lowest BCUT2D eigenvalue weighted by atomic mass is 9.97. The van der Waals surface area contributed by atoms with Crippen molar-refractivity contribution < 1.29 is 0 Å². The van der Waals surface area contributed by atoms with Gasteiger partial charge in [0.1, 0.15) is 0 Å². The van der Waals surface area contributed by atoms with E-state index in [0.717, 1.165) is 23.5 Å². The van der Waals surface area contributed by atoms with E-state index in [9.17, 15) is 0 Å². The summed E-state index contributed by atoms with van der Waals surface area (Å²) in [6.45, 7) is 6.69. The third-order valence-corrected chi connectivity index (χ3v) is 4.10. The highest BCUT2D eigenvalue weighted by molar-refractivity contribution is 9.10. The van der Waals surface area contributed by atoms with Crippen molar-refractivity contribution in [3.05, 3.63) is 28.2 Å². The van der Waals surface area contributed by atoms with Crippen LogP contribution >= 0.6 is 15.9 Å². The molecule has 1 aliphatic rings. The van der Waals surface area contributed by atoms with Gasteiger partial charge < -0.3 is 10.6 Å². The molecule has 1 aromatic rings. The summed E-state index contributed by atoms with van der Waals surface area (Å²) in [6.07, 6.45) is 2.57. The van der Waals surface area contributed by atoms with E-state index >= 15 is 0 Å². The van der Waals surface area contributed by atoms with Gasteiger partial charge in [0.25, 0.3) is 0 Å². The smallest absolute Gasteiger partial charge is 0.0425 e. The summed E-state index contributed by atoms with van der Waals surface area (Å²) in [7, 11) is 0. The molecule has 0 amide bonds. The van der Waals surface area contributed by atoms with Crippen molar-refractivity contribution in [1.82, 2.24) is 0 Å². The third-order valence-electron chi connectivity index (χ3n) is 3.61. The summed E-state index contributed by atoms with van der Waals surface area (Å²) in [5.74, 6) is 0.858. The Morgan fingerprint density at radius 2 is 2.00 bits per heavy atom. The average molecular weight is 297 g/mol. The lowest BCUT2D eigenvalue weighted by Gasteiger charge is -2.34. The molecule has 0 saturated carbocycles. The molecule has 1 aliphatic heterocycles. The fourth-order valence-electron chi connectivity index (χ4n) is 2.43. The maximum absolute atomic E-state index is 6.06. The minimum Gasteiger partial charge on any atom is -0.371 e. The van der Waals surface area contributed by atoms with Gasteiger partial charge in [0.05, 0.1) is 0 Å². The Labute approximate surface area is 112 Å². The van der Waals surface area contributed by atoms with Crippen LogP contribution in [0.25, 0.3) is 0 Å². The zero-order chi connectivity index (χ0) is 12.4. The number of halogens is 1. The zero-order valence-electron chi connectivity index (χ0n) is 10.6. The number of hydrogen-bond acceptors (Lipinski definition) is 2. The molecule has 1 aromatic carbocycles. The van der Waals surface area contributed by atoms with Crippen LogP contribution in [-0.2, 0) is 0 Å². The summed E-state index contributed by atoms with van der Waals surface area (Å²) < 4.78 is 1.13. The number of anilines is 1. The van der Waals surface area contributed by atoms with E-state index in [4.69, 9.17) is 5.73 Å². The molecule has 94 valence electrons. The normalized spacial score (nSPS) is 19.4. The van der Waals surface area contributed by atoms with Crippen molar-refractivity contribution in [3.63, 3.8) is 0 Å². The second kappa shape index (κ2) is 5.40. The van der Waals surface area contributed by atoms with Gasteiger partial charge >= 0.3 is 0 Å². The first kappa shape index (κ1) is 12.9. The highest BCUT2D eigenvalue weighted by atomic mass is 79.9. The third kappa shape index (κ3) is 3.02. The fraction of sp³-hybridized carbons (Fsp3) is 0.571. The number of rotatable bonds is 2. The van der Waals surface area contributed by atoms with E-state index in [1.165, 1.54) is 24.1 Å². The van der Waals surface area contributed by atoms with Crippen molar-refractivity contribution in [2.24, 2.45) is 11.7 Å². The van der Waals surface area contributed by atoms with E-state index in [1.807, 2.05) is 0 Å². The Bertz CT molecular complexity index is 382. The van der Waals surface area contributed by atoms with E-state index < -0.39 is 0 Å². The average Bonchev–Trinajstić information content (AvgIpc) is 2.29. The van der Waals surface area contributed by atoms with Gasteiger partial charge in [-0.05, 0) is 43.4 Å². The summed E-state index contributed by atoms with van der Waals surface area (Å²) >= 11 is 3.56. The minimum atomic E-state index is 0.0949. The Morgan fingerprint density at radius 1 is 1.35 bits per heavy atom. The van der Waals surface area contributed by atoms with Crippen LogP contribution in [0.4, 0.5) is 5.69 Å². The standard InChI is InChI=1S/C14H21BrN2/c1-10-5-7-17(8-6-10)14-9-12(15)3-4-13(14)11(2)16/h3-4,9-11H,5-8,16H2,1-2H3. The first-order valence-corrected chi connectivity index (χ1v) is 7.17. The highest BCUT2D eigenvalue weighted by Crippen LogP contribution is 2.31. The Hall–Kier alpha value is -0.540. The molecule has 0 spiro atoms. The van der Waals surface area contributed by atoms with Gasteiger partial charge in [0, 0.05) is 29.3 Å². The molecule has 1 saturated heterocycles. The van der Waals surface area contributed by atoms with E-state index in [-0.39, 0.29) is 6.04 Å². The molecule has 0 bridgehead atoms. The van der Waals surface area contributed by atoms with Gasteiger partial charge in [-0.15, -0.1) is 0 Å². The van der Waals surface area contributed by atoms with Crippen LogP contribution in [0.5, 0.6) is 0 Å². The van der Waals surface area contributed by atoms with Crippen LogP contribution in [0.1, 0.15) is 38.3 Å². The highest BCUT2D eigenvalue weighted by Gasteiger charge is 2.19. The molecule has 2 nitrogen and oxygen atoms in total. The van der Waals surface area contributed by atoms with Crippen molar-refractivity contribution in [2.75, 3.05) is 18.0 Å². The van der Waals surface area contributed by atoms with Crippen LogP contribution in [0.3, 0.4) is 0 Å². The molecule has 2 rings (SSSR count). The molecule has 2 N–H and O–H groups in total. The summed E-state index contributed by atoms with van der Waals surface area (Å²) in [6, 6.07) is 6.52. The molecule has 1 unspecified atom stereocenters. The monoisotopic (exact) mass is 296 g/mol.